The van der Waals surface area contributed by atoms with E-state index in [1.165, 1.54) is 23.0 Å². The molecule has 68 valence electrons. The van der Waals surface area contributed by atoms with Crippen LogP contribution in [0.25, 0.3) is 10.9 Å². The second-order valence-electron chi connectivity index (χ2n) is 3.60. The molecule has 0 amide bonds. The van der Waals surface area contributed by atoms with Crippen LogP contribution >= 0.6 is 0 Å². The molecule has 0 N–H and O–H groups in total. The first-order chi connectivity index (χ1) is 6.61. The molecule has 0 aliphatic carbocycles. The summed E-state index contributed by atoms with van der Waals surface area (Å²) in [6, 6.07) is 2.05. The maximum Gasteiger partial charge on any atom is 0.142 e. The normalized spacial score (nSPS) is 10.8. The minimum atomic E-state index is 0.565. The number of hydrogen-bond donors (Lipinski definition) is 0. The molecule has 0 saturated heterocycles. The first-order valence-electron chi connectivity index (χ1n) is 4.58. The zero-order valence-corrected chi connectivity index (χ0v) is 8.63. The molecule has 0 fully saturated rings. The Morgan fingerprint density at radius 2 is 1.79 bits per heavy atom. The Balaban J connectivity index is 2.99. The zero-order chi connectivity index (χ0) is 10.3. The van der Waals surface area contributed by atoms with Crippen LogP contribution in [-0.4, -0.2) is 17.8 Å². The summed E-state index contributed by atoms with van der Waals surface area (Å²) in [4.78, 5) is 8.22. The number of aromatic nitrogens is 2. The summed E-state index contributed by atoms with van der Waals surface area (Å²) >= 11 is 0. The van der Waals surface area contributed by atoms with E-state index in [1.54, 1.807) is 0 Å². The summed E-state index contributed by atoms with van der Waals surface area (Å²) < 4.78 is 0. The van der Waals surface area contributed by atoms with Gasteiger partial charge < -0.3 is 0 Å². The van der Waals surface area contributed by atoms with E-state index in [-0.39, 0.29) is 0 Å². The average Bonchev–Trinajstić information content (AvgIpc) is 2.14. The Kier molecular flexibility index (Phi) is 2.03. The molecule has 1 heterocycles. The van der Waals surface area contributed by atoms with E-state index in [4.69, 9.17) is 7.85 Å². The summed E-state index contributed by atoms with van der Waals surface area (Å²) in [6.07, 6.45) is 1.51. The van der Waals surface area contributed by atoms with Gasteiger partial charge in [-0.05, 0) is 49.1 Å². The van der Waals surface area contributed by atoms with Crippen molar-refractivity contribution in [3.63, 3.8) is 0 Å². The van der Waals surface area contributed by atoms with E-state index in [2.05, 4.69) is 36.8 Å². The Labute approximate surface area is 84.8 Å². The van der Waals surface area contributed by atoms with Crippen molar-refractivity contribution >= 4 is 24.3 Å². The van der Waals surface area contributed by atoms with Crippen molar-refractivity contribution in [1.82, 2.24) is 9.97 Å². The fraction of sp³-hybridized carbons (Fsp3) is 0.273. The Morgan fingerprint density at radius 3 is 2.50 bits per heavy atom. The van der Waals surface area contributed by atoms with Crippen LogP contribution in [0.2, 0.25) is 0 Å². The summed E-state index contributed by atoms with van der Waals surface area (Å²) in [7, 11) is 5.82. The number of rotatable bonds is 0. The SMILES string of the molecule is [B]c1ncnc2cc(C)c(C)c(C)c12. The van der Waals surface area contributed by atoms with Crippen LogP contribution in [0.15, 0.2) is 12.4 Å². The standard InChI is InChI=1S/C11H11BN2/c1-6-4-9-10(8(3)7(6)2)11(12)14-5-13-9/h4-5H,1-3H3. The lowest BCUT2D eigenvalue weighted by Crippen LogP contribution is -2.12. The van der Waals surface area contributed by atoms with Gasteiger partial charge in [0.2, 0.25) is 0 Å². The maximum absolute atomic E-state index is 5.82. The van der Waals surface area contributed by atoms with Crippen molar-refractivity contribution in [2.45, 2.75) is 20.8 Å². The number of fused-ring (bicyclic) bond motifs is 1. The van der Waals surface area contributed by atoms with Gasteiger partial charge in [0.15, 0.2) is 0 Å². The van der Waals surface area contributed by atoms with Crippen LogP contribution in [0.1, 0.15) is 16.7 Å². The van der Waals surface area contributed by atoms with Gasteiger partial charge in [0.05, 0.1) is 5.52 Å². The Hall–Kier alpha value is -1.38. The molecule has 2 nitrogen and oxygen atoms in total. The second-order valence-corrected chi connectivity index (χ2v) is 3.60. The van der Waals surface area contributed by atoms with E-state index < -0.39 is 0 Å². The highest BCUT2D eigenvalue weighted by atomic mass is 14.8. The van der Waals surface area contributed by atoms with Crippen molar-refractivity contribution in [2.24, 2.45) is 0 Å². The van der Waals surface area contributed by atoms with Gasteiger partial charge in [0, 0.05) is 5.39 Å². The van der Waals surface area contributed by atoms with Crippen LogP contribution in [0.3, 0.4) is 0 Å². The Bertz CT molecular complexity index is 506. The highest BCUT2D eigenvalue weighted by Gasteiger charge is 2.06. The molecule has 0 aliphatic rings. The molecule has 0 spiro atoms. The summed E-state index contributed by atoms with van der Waals surface area (Å²) in [5.74, 6) is 0. The summed E-state index contributed by atoms with van der Waals surface area (Å²) in [5.41, 5.74) is 5.18. The molecule has 2 rings (SSSR count). The van der Waals surface area contributed by atoms with Gasteiger partial charge in [-0.15, -0.1) is 0 Å². The highest BCUT2D eigenvalue weighted by molar-refractivity contribution is 6.37. The van der Waals surface area contributed by atoms with Crippen molar-refractivity contribution < 1.29 is 0 Å². The van der Waals surface area contributed by atoms with Gasteiger partial charge in [0.25, 0.3) is 0 Å². The lowest BCUT2D eigenvalue weighted by atomic mass is 9.92. The third-order valence-corrected chi connectivity index (χ3v) is 2.79. The van der Waals surface area contributed by atoms with Crippen LogP contribution in [-0.2, 0) is 0 Å². The Morgan fingerprint density at radius 1 is 1.07 bits per heavy atom. The number of hydrogen-bond acceptors (Lipinski definition) is 2. The third-order valence-electron chi connectivity index (χ3n) is 2.79. The first-order valence-corrected chi connectivity index (χ1v) is 4.58. The van der Waals surface area contributed by atoms with Crippen LogP contribution in [0.5, 0.6) is 0 Å². The molecule has 2 radical (unpaired) electrons. The molecule has 0 aliphatic heterocycles. The number of aryl methyl sites for hydroxylation is 2. The average molecular weight is 182 g/mol. The van der Waals surface area contributed by atoms with Crippen molar-refractivity contribution in [3.8, 4) is 0 Å². The lowest BCUT2D eigenvalue weighted by Gasteiger charge is -2.10. The largest absolute Gasteiger partial charge is 0.252 e. The summed E-state index contributed by atoms with van der Waals surface area (Å²) in [5, 5.41) is 0.982. The predicted octanol–water partition coefficient (Wildman–Crippen LogP) is 1.35. The van der Waals surface area contributed by atoms with E-state index in [1.807, 2.05) is 0 Å². The molecule has 14 heavy (non-hydrogen) atoms. The lowest BCUT2D eigenvalue weighted by molar-refractivity contribution is 1.22. The minimum absolute atomic E-state index is 0.565. The van der Waals surface area contributed by atoms with Gasteiger partial charge in [-0.25, -0.2) is 4.98 Å². The molecular formula is C11H11BN2. The molecule has 0 bridgehead atoms. The topological polar surface area (TPSA) is 25.8 Å². The molecule has 0 atom stereocenters. The number of benzene rings is 1. The second kappa shape index (κ2) is 3.09. The molecule has 2 aromatic rings. The van der Waals surface area contributed by atoms with Gasteiger partial charge in [-0.1, -0.05) is 0 Å². The molecule has 1 aromatic heterocycles. The summed E-state index contributed by atoms with van der Waals surface area (Å²) in [6.45, 7) is 6.24. The number of nitrogens with zero attached hydrogens (tertiary/aromatic N) is 2. The van der Waals surface area contributed by atoms with Crippen molar-refractivity contribution in [1.29, 1.82) is 0 Å². The quantitative estimate of drug-likeness (QED) is 0.574. The van der Waals surface area contributed by atoms with Crippen molar-refractivity contribution in [2.75, 3.05) is 0 Å². The first kappa shape index (κ1) is 9.19. The van der Waals surface area contributed by atoms with Gasteiger partial charge in [-0.2, -0.15) is 0 Å². The third kappa shape index (κ3) is 1.20. The fourth-order valence-corrected chi connectivity index (χ4v) is 1.70. The maximum atomic E-state index is 5.82. The van der Waals surface area contributed by atoms with E-state index in [0.717, 1.165) is 10.9 Å². The molecule has 1 aromatic carbocycles. The van der Waals surface area contributed by atoms with E-state index >= 15 is 0 Å². The molecule has 3 heteroatoms. The molecule has 0 saturated carbocycles. The monoisotopic (exact) mass is 182 g/mol. The fourth-order valence-electron chi connectivity index (χ4n) is 1.70. The van der Waals surface area contributed by atoms with Gasteiger partial charge in [0.1, 0.15) is 14.2 Å². The molecule has 0 unspecified atom stereocenters. The van der Waals surface area contributed by atoms with Crippen LogP contribution in [0.4, 0.5) is 0 Å². The van der Waals surface area contributed by atoms with Crippen molar-refractivity contribution in [3.05, 3.63) is 29.1 Å². The minimum Gasteiger partial charge on any atom is -0.252 e. The van der Waals surface area contributed by atoms with Gasteiger partial charge in [-0.3, -0.25) is 4.98 Å². The zero-order valence-electron chi connectivity index (χ0n) is 8.63. The smallest absolute Gasteiger partial charge is 0.142 e. The van der Waals surface area contributed by atoms with E-state index in [0.29, 0.717) is 5.59 Å². The van der Waals surface area contributed by atoms with Gasteiger partial charge >= 0.3 is 0 Å². The van der Waals surface area contributed by atoms with Crippen LogP contribution in [0, 0.1) is 20.8 Å². The van der Waals surface area contributed by atoms with Crippen LogP contribution < -0.4 is 5.59 Å². The highest BCUT2D eigenvalue weighted by Crippen LogP contribution is 2.20. The predicted molar refractivity (Wildman–Crippen MR) is 59.1 cm³/mol. The van der Waals surface area contributed by atoms with E-state index in [9.17, 15) is 0 Å². The molecular weight excluding hydrogens is 171 g/mol.